The highest BCUT2D eigenvalue weighted by atomic mass is 35.5. The maximum Gasteiger partial charge on any atom is 0.243 e. The molecule has 154 valence electrons. The number of hydrogen-bond acceptors (Lipinski definition) is 5. The summed E-state index contributed by atoms with van der Waals surface area (Å²) in [6, 6.07) is 11.4. The van der Waals surface area contributed by atoms with Crippen molar-refractivity contribution >= 4 is 33.2 Å². The highest BCUT2D eigenvalue weighted by Gasteiger charge is 2.36. The maximum absolute atomic E-state index is 13.4. The molecule has 2 aromatic carbocycles. The third-order valence-corrected chi connectivity index (χ3v) is 7.48. The summed E-state index contributed by atoms with van der Waals surface area (Å²) in [5.41, 5.74) is 0. The molecule has 1 atom stereocenters. The van der Waals surface area contributed by atoms with Crippen LogP contribution in [0.5, 0.6) is 5.75 Å². The molecule has 0 radical (unpaired) electrons. The van der Waals surface area contributed by atoms with E-state index >= 15 is 0 Å². The van der Waals surface area contributed by atoms with Gasteiger partial charge in [0.05, 0.1) is 11.5 Å². The van der Waals surface area contributed by atoms with E-state index in [-0.39, 0.29) is 12.4 Å². The predicted molar refractivity (Wildman–Crippen MR) is 114 cm³/mol. The van der Waals surface area contributed by atoms with Crippen molar-refractivity contribution in [3.05, 3.63) is 36.4 Å². The minimum atomic E-state index is -3.53. The normalized spacial score (nSPS) is 21.5. The largest absolute Gasteiger partial charge is 0.493 e. The number of ether oxygens (including phenoxy) is 1. The molecule has 6 nitrogen and oxygen atoms in total. The highest BCUT2D eigenvalue weighted by Crippen LogP contribution is 2.34. The third-order valence-electron chi connectivity index (χ3n) is 5.56. The topological polar surface area (TPSA) is 61.9 Å². The standard InChI is InChI=1S/C20H27N3O3S.ClH/c1-2-26-19-7-8-20(18-6-4-3-5-17(18)19)27(24,25)23-12-9-16(15-23)22-13-10-21-11-14-22;/h3-8,16,21H,2,9-15H2,1H3;1H. The molecule has 1 N–H and O–H groups in total. The summed E-state index contributed by atoms with van der Waals surface area (Å²) in [5.74, 6) is 0.729. The third kappa shape index (κ3) is 4.00. The number of fused-ring (bicyclic) bond motifs is 1. The Morgan fingerprint density at radius 3 is 2.50 bits per heavy atom. The summed E-state index contributed by atoms with van der Waals surface area (Å²) in [6.45, 7) is 7.57. The monoisotopic (exact) mass is 425 g/mol. The minimum absolute atomic E-state index is 0. The number of sulfonamides is 1. The van der Waals surface area contributed by atoms with Crippen LogP contribution in [-0.2, 0) is 10.0 Å². The molecule has 28 heavy (non-hydrogen) atoms. The van der Waals surface area contributed by atoms with Gasteiger partial charge < -0.3 is 10.1 Å². The molecule has 2 aromatic rings. The zero-order valence-electron chi connectivity index (χ0n) is 16.1. The first-order valence-corrected chi connectivity index (χ1v) is 11.1. The number of nitrogens with one attached hydrogen (secondary N) is 1. The Kier molecular flexibility index (Phi) is 6.83. The smallest absolute Gasteiger partial charge is 0.243 e. The van der Waals surface area contributed by atoms with E-state index in [4.69, 9.17) is 4.74 Å². The Bertz CT molecular complexity index is 916. The molecular formula is C20H28ClN3O3S. The molecule has 2 aliphatic rings. The maximum atomic E-state index is 13.4. The van der Waals surface area contributed by atoms with Crippen molar-refractivity contribution in [2.75, 3.05) is 45.9 Å². The van der Waals surface area contributed by atoms with Crippen LogP contribution in [0.3, 0.4) is 0 Å². The van der Waals surface area contributed by atoms with Gasteiger partial charge >= 0.3 is 0 Å². The van der Waals surface area contributed by atoms with E-state index in [9.17, 15) is 8.42 Å². The van der Waals surface area contributed by atoms with E-state index in [1.54, 1.807) is 16.4 Å². The van der Waals surface area contributed by atoms with Gasteiger partial charge in [0, 0.05) is 56.1 Å². The van der Waals surface area contributed by atoms with Crippen LogP contribution in [0.1, 0.15) is 13.3 Å². The van der Waals surface area contributed by atoms with Crippen molar-refractivity contribution in [2.45, 2.75) is 24.3 Å². The number of benzene rings is 2. The summed E-state index contributed by atoms with van der Waals surface area (Å²) in [5, 5.41) is 4.93. The van der Waals surface area contributed by atoms with Gasteiger partial charge in [-0.1, -0.05) is 24.3 Å². The van der Waals surface area contributed by atoms with Crippen molar-refractivity contribution in [3.8, 4) is 5.75 Å². The Hall–Kier alpha value is -1.38. The van der Waals surface area contributed by atoms with Crippen molar-refractivity contribution in [1.82, 2.24) is 14.5 Å². The lowest BCUT2D eigenvalue weighted by molar-refractivity contribution is 0.179. The molecule has 0 spiro atoms. The number of rotatable bonds is 5. The first-order valence-electron chi connectivity index (χ1n) is 9.70. The summed E-state index contributed by atoms with van der Waals surface area (Å²) < 4.78 is 34.1. The number of piperazine rings is 1. The van der Waals surface area contributed by atoms with Crippen LogP contribution in [0.4, 0.5) is 0 Å². The van der Waals surface area contributed by atoms with Crippen molar-refractivity contribution in [3.63, 3.8) is 0 Å². The van der Waals surface area contributed by atoms with E-state index in [0.717, 1.165) is 49.1 Å². The summed E-state index contributed by atoms with van der Waals surface area (Å²) >= 11 is 0. The minimum Gasteiger partial charge on any atom is -0.493 e. The van der Waals surface area contributed by atoms with Gasteiger partial charge in [-0.25, -0.2) is 8.42 Å². The summed E-state index contributed by atoms with van der Waals surface area (Å²) in [4.78, 5) is 2.80. The van der Waals surface area contributed by atoms with E-state index < -0.39 is 10.0 Å². The number of halogens is 1. The summed E-state index contributed by atoms with van der Waals surface area (Å²) in [7, 11) is -3.53. The zero-order chi connectivity index (χ0) is 18.9. The predicted octanol–water partition coefficient (Wildman–Crippen LogP) is 2.33. The van der Waals surface area contributed by atoms with Crippen LogP contribution in [0.2, 0.25) is 0 Å². The van der Waals surface area contributed by atoms with Crippen LogP contribution in [0.15, 0.2) is 41.3 Å². The van der Waals surface area contributed by atoms with Crippen LogP contribution < -0.4 is 10.1 Å². The van der Waals surface area contributed by atoms with Crippen molar-refractivity contribution < 1.29 is 13.2 Å². The fourth-order valence-electron chi connectivity index (χ4n) is 4.16. The van der Waals surface area contributed by atoms with E-state index in [0.29, 0.717) is 30.6 Å². The average molecular weight is 426 g/mol. The molecule has 0 saturated carbocycles. The summed E-state index contributed by atoms with van der Waals surface area (Å²) in [6.07, 6.45) is 0.897. The van der Waals surface area contributed by atoms with Gasteiger partial charge in [0.2, 0.25) is 10.0 Å². The Balaban J connectivity index is 0.00000225. The molecule has 4 rings (SSSR count). The molecule has 2 aliphatic heterocycles. The molecular weight excluding hydrogens is 398 g/mol. The molecule has 1 unspecified atom stereocenters. The van der Waals surface area contributed by atoms with Crippen molar-refractivity contribution in [1.29, 1.82) is 0 Å². The Labute approximate surface area is 173 Å². The molecule has 2 heterocycles. The molecule has 0 aliphatic carbocycles. The van der Waals surface area contributed by atoms with Gasteiger partial charge in [0.1, 0.15) is 5.75 Å². The SMILES string of the molecule is CCOc1ccc(S(=O)(=O)N2CCC(N3CCNCC3)C2)c2ccccc12.Cl. The van der Waals surface area contributed by atoms with Crippen LogP contribution in [0.25, 0.3) is 10.8 Å². The molecule has 8 heteroatoms. The lowest BCUT2D eigenvalue weighted by atomic mass is 10.1. The van der Waals surface area contributed by atoms with E-state index in [2.05, 4.69) is 10.2 Å². The van der Waals surface area contributed by atoms with Gasteiger partial charge in [0.25, 0.3) is 0 Å². The Morgan fingerprint density at radius 1 is 1.07 bits per heavy atom. The second-order valence-corrected chi connectivity index (χ2v) is 9.04. The first-order chi connectivity index (χ1) is 13.1. The lowest BCUT2D eigenvalue weighted by Gasteiger charge is -2.32. The molecule has 0 amide bonds. The van der Waals surface area contributed by atoms with Crippen LogP contribution in [0, 0.1) is 0 Å². The second-order valence-electron chi connectivity index (χ2n) is 7.13. The number of nitrogens with zero attached hydrogens (tertiary/aromatic N) is 2. The van der Waals surface area contributed by atoms with Crippen LogP contribution >= 0.6 is 12.4 Å². The zero-order valence-corrected chi connectivity index (χ0v) is 17.8. The fourth-order valence-corrected chi connectivity index (χ4v) is 5.85. The van der Waals surface area contributed by atoms with Gasteiger partial charge in [-0.3, -0.25) is 4.90 Å². The first kappa shape index (κ1) is 21.3. The van der Waals surface area contributed by atoms with Gasteiger partial charge in [-0.2, -0.15) is 4.31 Å². The van der Waals surface area contributed by atoms with Gasteiger partial charge in [0.15, 0.2) is 0 Å². The Morgan fingerprint density at radius 2 is 1.79 bits per heavy atom. The quantitative estimate of drug-likeness (QED) is 0.796. The molecule has 2 saturated heterocycles. The molecule has 0 aromatic heterocycles. The lowest BCUT2D eigenvalue weighted by Crippen LogP contribution is -2.49. The molecule has 2 fully saturated rings. The van der Waals surface area contributed by atoms with E-state index in [1.165, 1.54) is 0 Å². The van der Waals surface area contributed by atoms with Crippen molar-refractivity contribution in [2.24, 2.45) is 0 Å². The fraction of sp³-hybridized carbons (Fsp3) is 0.500. The van der Waals surface area contributed by atoms with Crippen LogP contribution in [-0.4, -0.2) is 69.5 Å². The number of hydrogen-bond donors (Lipinski definition) is 1. The van der Waals surface area contributed by atoms with Gasteiger partial charge in [-0.15, -0.1) is 12.4 Å². The van der Waals surface area contributed by atoms with E-state index in [1.807, 2.05) is 31.2 Å². The van der Waals surface area contributed by atoms with Gasteiger partial charge in [-0.05, 0) is 25.5 Å². The second kappa shape index (κ2) is 8.97. The average Bonchev–Trinajstić information content (AvgIpc) is 3.20. The molecule has 0 bridgehead atoms. The highest BCUT2D eigenvalue weighted by molar-refractivity contribution is 7.89.